The van der Waals surface area contributed by atoms with E-state index < -0.39 is 22.2 Å². The van der Waals surface area contributed by atoms with Crippen LogP contribution < -0.4 is 9.83 Å². The summed E-state index contributed by atoms with van der Waals surface area (Å²) in [7, 11) is -3.57. The molecular weight excluding hydrogens is 244 g/mol. The molecule has 0 aromatic heterocycles. The Hall–Kier alpha value is -0.660. The Morgan fingerprint density at radius 1 is 1.41 bits per heavy atom. The number of quaternary nitrogens is 1. The van der Waals surface area contributed by atoms with Crippen LogP contribution in [0.4, 0.5) is 0 Å². The predicted molar refractivity (Wildman–Crippen MR) is 59.9 cm³/mol. The number of carbonyl (C=O) groups is 1. The average molecular weight is 264 g/mol. The highest BCUT2D eigenvalue weighted by Crippen LogP contribution is 2.10. The summed E-state index contributed by atoms with van der Waals surface area (Å²) in [5.41, 5.74) is 0. The van der Waals surface area contributed by atoms with Crippen molar-refractivity contribution in [2.24, 2.45) is 5.92 Å². The normalized spacial score (nSPS) is 21.3. The van der Waals surface area contributed by atoms with Gasteiger partial charge in [-0.15, -0.1) is 0 Å². The standard InChI is InChI=1S/C10H20N2O4S/c1-3-8(2)9(10(13)14)11-17(15,16)12-6-4-5-7-12/h8-9,11H,3-7H2,1-2H3,(H,13,14)/t8-,9-/m0/s1. The van der Waals surface area contributed by atoms with Crippen LogP contribution in [0.3, 0.4) is 0 Å². The Labute approximate surface area is 102 Å². The molecule has 0 saturated carbocycles. The fraction of sp³-hybridized carbons (Fsp3) is 0.900. The van der Waals surface area contributed by atoms with Crippen molar-refractivity contribution in [3.05, 3.63) is 0 Å². The van der Waals surface area contributed by atoms with Gasteiger partial charge in [-0.2, -0.15) is 12.7 Å². The molecule has 17 heavy (non-hydrogen) atoms. The van der Waals surface area contributed by atoms with E-state index in [-0.39, 0.29) is 5.92 Å². The highest BCUT2D eigenvalue weighted by Gasteiger charge is 2.33. The van der Waals surface area contributed by atoms with Gasteiger partial charge in [0.1, 0.15) is 12.0 Å². The van der Waals surface area contributed by atoms with E-state index in [1.54, 1.807) is 6.92 Å². The molecule has 1 fully saturated rings. The van der Waals surface area contributed by atoms with E-state index in [2.05, 4.69) is 0 Å². The lowest BCUT2D eigenvalue weighted by atomic mass is 10.0. The van der Waals surface area contributed by atoms with Crippen LogP contribution in [0.5, 0.6) is 0 Å². The van der Waals surface area contributed by atoms with E-state index in [0.29, 0.717) is 19.5 Å². The first-order valence-electron chi connectivity index (χ1n) is 5.94. The van der Waals surface area contributed by atoms with Crippen molar-refractivity contribution in [1.29, 1.82) is 0 Å². The SMILES string of the molecule is CC[C@H](C)[C@H]([NH2+]S(=O)(=O)N1CCCC1)C(=O)[O-]. The second kappa shape index (κ2) is 5.79. The zero-order chi connectivity index (χ0) is 13.1. The summed E-state index contributed by atoms with van der Waals surface area (Å²) in [6.07, 6.45) is 2.28. The van der Waals surface area contributed by atoms with Gasteiger partial charge in [0.2, 0.25) is 0 Å². The Morgan fingerprint density at radius 2 is 1.94 bits per heavy atom. The Bertz CT molecular complexity index is 363. The van der Waals surface area contributed by atoms with Crippen LogP contribution >= 0.6 is 0 Å². The lowest BCUT2D eigenvalue weighted by molar-refractivity contribution is -0.552. The predicted octanol–water partition coefficient (Wildman–Crippen LogP) is -1.94. The van der Waals surface area contributed by atoms with Crippen molar-refractivity contribution >= 4 is 16.2 Å². The molecular formula is C10H20N2O4S. The quantitative estimate of drug-likeness (QED) is 0.603. The molecule has 7 heteroatoms. The number of aliphatic carboxylic acids is 1. The van der Waals surface area contributed by atoms with Gasteiger partial charge in [0, 0.05) is 19.0 Å². The molecule has 1 saturated heterocycles. The zero-order valence-electron chi connectivity index (χ0n) is 10.3. The third kappa shape index (κ3) is 3.65. The van der Waals surface area contributed by atoms with E-state index in [4.69, 9.17) is 0 Å². The van der Waals surface area contributed by atoms with Crippen LogP contribution in [-0.2, 0) is 15.0 Å². The molecule has 2 N–H and O–H groups in total. The molecule has 0 aliphatic carbocycles. The van der Waals surface area contributed by atoms with Gasteiger partial charge in [-0.3, -0.25) is 0 Å². The first-order chi connectivity index (χ1) is 7.88. The number of rotatable bonds is 6. The molecule has 6 nitrogen and oxygen atoms in total. The molecule has 0 bridgehead atoms. The van der Waals surface area contributed by atoms with Gasteiger partial charge in [0.15, 0.2) is 0 Å². The number of hydrogen-bond donors (Lipinski definition) is 1. The van der Waals surface area contributed by atoms with Gasteiger partial charge in [-0.05, 0) is 19.3 Å². The maximum atomic E-state index is 11.9. The van der Waals surface area contributed by atoms with Crippen molar-refractivity contribution in [2.75, 3.05) is 13.1 Å². The monoisotopic (exact) mass is 264 g/mol. The van der Waals surface area contributed by atoms with Gasteiger partial charge in [-0.1, -0.05) is 13.8 Å². The highest BCUT2D eigenvalue weighted by molar-refractivity contribution is 7.82. The smallest absolute Gasteiger partial charge is 0.369 e. The maximum absolute atomic E-state index is 11.9. The Balaban J connectivity index is 2.75. The fourth-order valence-corrected chi connectivity index (χ4v) is 3.58. The summed E-state index contributed by atoms with van der Waals surface area (Å²) in [5, 5.41) is 11.0. The lowest BCUT2D eigenvalue weighted by Gasteiger charge is -2.23. The summed E-state index contributed by atoms with van der Waals surface area (Å²) in [5.74, 6) is -1.56. The number of carboxylic acid groups (broad SMARTS) is 1. The minimum atomic E-state index is -3.57. The summed E-state index contributed by atoms with van der Waals surface area (Å²) in [6, 6.07) is -1.04. The summed E-state index contributed by atoms with van der Waals surface area (Å²) in [6.45, 7) is 4.52. The molecule has 1 aliphatic heterocycles. The maximum Gasteiger partial charge on any atom is 0.369 e. The molecule has 0 aromatic rings. The highest BCUT2D eigenvalue weighted by atomic mass is 32.2. The van der Waals surface area contributed by atoms with Crippen LogP contribution in [0.15, 0.2) is 0 Å². The molecule has 0 amide bonds. The van der Waals surface area contributed by atoms with Crippen LogP contribution in [0.25, 0.3) is 0 Å². The average Bonchev–Trinajstić information content (AvgIpc) is 2.78. The second-order valence-electron chi connectivity index (χ2n) is 4.52. The van der Waals surface area contributed by atoms with Crippen molar-refractivity contribution in [2.45, 2.75) is 39.2 Å². The van der Waals surface area contributed by atoms with Gasteiger partial charge in [0.05, 0.1) is 0 Å². The first-order valence-corrected chi connectivity index (χ1v) is 7.44. The molecule has 1 aliphatic rings. The first kappa shape index (κ1) is 14.4. The van der Waals surface area contributed by atoms with Crippen LogP contribution in [0, 0.1) is 5.92 Å². The van der Waals surface area contributed by atoms with Gasteiger partial charge < -0.3 is 9.90 Å². The minimum Gasteiger partial charge on any atom is -0.544 e. The van der Waals surface area contributed by atoms with Crippen molar-refractivity contribution < 1.29 is 23.0 Å². The third-order valence-corrected chi connectivity index (χ3v) is 4.99. The molecule has 0 radical (unpaired) electrons. The summed E-state index contributed by atoms with van der Waals surface area (Å²) in [4.78, 5) is 11.0. The largest absolute Gasteiger partial charge is 0.544 e. The Kier molecular flexibility index (Phi) is 4.91. The van der Waals surface area contributed by atoms with E-state index in [1.807, 2.05) is 6.92 Å². The number of nitrogens with zero attached hydrogens (tertiary/aromatic N) is 1. The number of carboxylic acids is 1. The molecule has 0 aromatic carbocycles. The topological polar surface area (TPSA) is 94.1 Å². The number of carbonyl (C=O) groups excluding carboxylic acids is 1. The van der Waals surface area contributed by atoms with Crippen LogP contribution in [0.2, 0.25) is 0 Å². The molecule has 1 heterocycles. The number of nitrogens with two attached hydrogens (primary N) is 1. The second-order valence-corrected chi connectivity index (χ2v) is 6.34. The third-order valence-electron chi connectivity index (χ3n) is 3.27. The van der Waals surface area contributed by atoms with Gasteiger partial charge in [0.25, 0.3) is 0 Å². The van der Waals surface area contributed by atoms with E-state index in [9.17, 15) is 18.3 Å². The van der Waals surface area contributed by atoms with Gasteiger partial charge in [-0.25, -0.2) is 4.72 Å². The van der Waals surface area contributed by atoms with E-state index >= 15 is 0 Å². The zero-order valence-corrected chi connectivity index (χ0v) is 11.1. The van der Waals surface area contributed by atoms with Crippen molar-refractivity contribution in [3.63, 3.8) is 0 Å². The molecule has 0 spiro atoms. The number of hydrogen-bond acceptors (Lipinski definition) is 4. The van der Waals surface area contributed by atoms with E-state index in [0.717, 1.165) is 17.6 Å². The molecule has 2 atom stereocenters. The van der Waals surface area contributed by atoms with Gasteiger partial charge >= 0.3 is 10.2 Å². The lowest BCUT2D eigenvalue weighted by Crippen LogP contribution is -2.98. The minimum absolute atomic E-state index is 0.239. The summed E-state index contributed by atoms with van der Waals surface area (Å²) < 4.78 is 26.2. The van der Waals surface area contributed by atoms with E-state index in [1.165, 1.54) is 4.31 Å². The van der Waals surface area contributed by atoms with Crippen molar-refractivity contribution in [3.8, 4) is 0 Å². The van der Waals surface area contributed by atoms with Crippen LogP contribution in [0.1, 0.15) is 33.1 Å². The molecule has 1 rings (SSSR count). The molecule has 0 unspecified atom stereocenters. The van der Waals surface area contributed by atoms with Crippen molar-refractivity contribution in [1.82, 2.24) is 4.31 Å². The molecule has 100 valence electrons. The summed E-state index contributed by atoms with van der Waals surface area (Å²) >= 11 is 0. The van der Waals surface area contributed by atoms with Crippen LogP contribution in [-0.4, -0.2) is 37.8 Å². The fourth-order valence-electron chi connectivity index (χ4n) is 1.89. The Morgan fingerprint density at radius 3 is 2.35 bits per heavy atom.